The van der Waals surface area contributed by atoms with Gasteiger partial charge in [-0.3, -0.25) is 0 Å². The molecule has 18 heavy (non-hydrogen) atoms. The summed E-state index contributed by atoms with van der Waals surface area (Å²) in [7, 11) is 0. The van der Waals surface area contributed by atoms with Crippen molar-refractivity contribution in [2.24, 2.45) is 11.8 Å². The molecule has 1 N–H and O–H groups in total. The lowest BCUT2D eigenvalue weighted by Crippen LogP contribution is -2.08. The lowest BCUT2D eigenvalue weighted by molar-refractivity contribution is 0.334. The zero-order valence-electron chi connectivity index (χ0n) is 11.4. The van der Waals surface area contributed by atoms with Crippen molar-refractivity contribution in [1.82, 2.24) is 15.5 Å². The van der Waals surface area contributed by atoms with Gasteiger partial charge in [0, 0.05) is 12.5 Å². The first-order valence-corrected chi connectivity index (χ1v) is 7.32. The Morgan fingerprint density at radius 2 is 2.22 bits per heavy atom. The summed E-state index contributed by atoms with van der Waals surface area (Å²) in [4.78, 5) is 4.68. The van der Waals surface area contributed by atoms with Gasteiger partial charge in [-0.05, 0) is 37.6 Å². The van der Waals surface area contributed by atoms with E-state index in [0.29, 0.717) is 17.8 Å². The van der Waals surface area contributed by atoms with E-state index in [-0.39, 0.29) is 0 Å². The third-order valence-corrected chi connectivity index (χ3v) is 4.78. The Morgan fingerprint density at radius 3 is 2.89 bits per heavy atom. The van der Waals surface area contributed by atoms with Gasteiger partial charge in [0.05, 0.1) is 5.92 Å². The van der Waals surface area contributed by atoms with Crippen LogP contribution in [0.4, 0.5) is 0 Å². The summed E-state index contributed by atoms with van der Waals surface area (Å²) in [5.41, 5.74) is 0. The highest BCUT2D eigenvalue weighted by Gasteiger charge is 2.32. The van der Waals surface area contributed by atoms with E-state index >= 15 is 0 Å². The molecule has 1 saturated carbocycles. The van der Waals surface area contributed by atoms with Gasteiger partial charge in [0.25, 0.3) is 0 Å². The van der Waals surface area contributed by atoms with Crippen LogP contribution in [0.1, 0.15) is 63.1 Å². The smallest absolute Gasteiger partial charge is 0.231 e. The largest absolute Gasteiger partial charge is 0.339 e. The van der Waals surface area contributed by atoms with Crippen molar-refractivity contribution in [3.63, 3.8) is 0 Å². The summed E-state index contributed by atoms with van der Waals surface area (Å²) in [5, 5.41) is 7.62. The number of rotatable bonds is 3. The molecule has 1 aliphatic heterocycles. The Hall–Kier alpha value is -0.900. The van der Waals surface area contributed by atoms with Gasteiger partial charge in [-0.2, -0.15) is 4.98 Å². The van der Waals surface area contributed by atoms with E-state index in [9.17, 15) is 0 Å². The number of hydrogen-bond donors (Lipinski definition) is 1. The average Bonchev–Trinajstić information content (AvgIpc) is 3.07. The first-order valence-electron chi connectivity index (χ1n) is 7.32. The monoisotopic (exact) mass is 249 g/mol. The van der Waals surface area contributed by atoms with Crippen molar-refractivity contribution in [2.45, 2.75) is 51.4 Å². The quantitative estimate of drug-likeness (QED) is 0.894. The van der Waals surface area contributed by atoms with E-state index in [4.69, 9.17) is 4.52 Å². The van der Waals surface area contributed by atoms with Crippen LogP contribution in [0.25, 0.3) is 0 Å². The minimum Gasteiger partial charge on any atom is -0.339 e. The molecule has 0 aromatic carbocycles. The van der Waals surface area contributed by atoms with Crippen LogP contribution in [0.5, 0.6) is 0 Å². The van der Waals surface area contributed by atoms with E-state index in [2.05, 4.69) is 29.3 Å². The van der Waals surface area contributed by atoms with Crippen molar-refractivity contribution in [2.75, 3.05) is 13.1 Å². The van der Waals surface area contributed by atoms with Gasteiger partial charge < -0.3 is 9.84 Å². The van der Waals surface area contributed by atoms with Gasteiger partial charge >= 0.3 is 0 Å². The molecule has 3 rings (SSSR count). The molecular formula is C14H23N3O. The molecule has 4 nitrogen and oxygen atoms in total. The minimum atomic E-state index is 0.412. The van der Waals surface area contributed by atoms with Crippen LogP contribution >= 0.6 is 0 Å². The summed E-state index contributed by atoms with van der Waals surface area (Å²) in [5.74, 6) is 4.23. The average molecular weight is 249 g/mol. The Balaban J connectivity index is 1.70. The maximum Gasteiger partial charge on any atom is 0.231 e. The van der Waals surface area contributed by atoms with Crippen molar-refractivity contribution in [3.05, 3.63) is 11.7 Å². The van der Waals surface area contributed by atoms with E-state index < -0.39 is 0 Å². The molecule has 2 unspecified atom stereocenters. The molecule has 0 amide bonds. The van der Waals surface area contributed by atoms with Crippen molar-refractivity contribution >= 4 is 0 Å². The van der Waals surface area contributed by atoms with Gasteiger partial charge in [-0.15, -0.1) is 0 Å². The molecule has 2 fully saturated rings. The van der Waals surface area contributed by atoms with Crippen LogP contribution < -0.4 is 5.32 Å². The molecule has 4 heteroatoms. The lowest BCUT2D eigenvalue weighted by atomic mass is 9.98. The van der Waals surface area contributed by atoms with E-state index in [1.54, 1.807) is 0 Å². The highest BCUT2D eigenvalue weighted by atomic mass is 16.5. The second-order valence-corrected chi connectivity index (χ2v) is 6.02. The van der Waals surface area contributed by atoms with Crippen molar-refractivity contribution < 1.29 is 4.52 Å². The van der Waals surface area contributed by atoms with Crippen molar-refractivity contribution in [1.29, 1.82) is 0 Å². The predicted octanol–water partition coefficient (Wildman–Crippen LogP) is 2.69. The van der Waals surface area contributed by atoms with E-state index in [1.807, 2.05) is 0 Å². The Morgan fingerprint density at radius 1 is 1.33 bits per heavy atom. The zero-order valence-corrected chi connectivity index (χ0v) is 11.4. The number of hydrogen-bond acceptors (Lipinski definition) is 4. The lowest BCUT2D eigenvalue weighted by Gasteiger charge is -2.07. The maximum absolute atomic E-state index is 5.50. The van der Waals surface area contributed by atoms with Crippen LogP contribution in [0, 0.1) is 11.8 Å². The van der Waals surface area contributed by atoms with Crippen LogP contribution in [-0.4, -0.2) is 23.2 Å². The molecule has 1 aromatic heterocycles. The molecule has 2 aliphatic rings. The van der Waals surface area contributed by atoms with E-state index in [0.717, 1.165) is 30.7 Å². The van der Waals surface area contributed by atoms with Crippen LogP contribution in [0.2, 0.25) is 0 Å². The Kier molecular flexibility index (Phi) is 3.37. The summed E-state index contributed by atoms with van der Waals surface area (Å²) >= 11 is 0. The molecule has 100 valence electrons. The van der Waals surface area contributed by atoms with Gasteiger partial charge in [0.1, 0.15) is 0 Å². The van der Waals surface area contributed by atoms with Crippen LogP contribution in [0.15, 0.2) is 4.52 Å². The minimum absolute atomic E-state index is 0.412. The normalized spacial score (nSPS) is 36.3. The van der Waals surface area contributed by atoms with Gasteiger partial charge in [-0.25, -0.2) is 0 Å². The topological polar surface area (TPSA) is 51.0 Å². The third-order valence-electron chi connectivity index (χ3n) is 4.78. The Bertz CT molecular complexity index is 403. The highest BCUT2D eigenvalue weighted by Crippen LogP contribution is 2.39. The predicted molar refractivity (Wildman–Crippen MR) is 69.4 cm³/mol. The SMILES string of the molecule is CCC1CCC(c2noc([C@@H]3CNC[C@H]3C)n2)C1. The fourth-order valence-electron chi connectivity index (χ4n) is 3.38. The first kappa shape index (κ1) is 12.2. The summed E-state index contributed by atoms with van der Waals surface area (Å²) in [6.45, 7) is 6.56. The summed E-state index contributed by atoms with van der Waals surface area (Å²) in [6.07, 6.45) is 5.08. The fraction of sp³-hybridized carbons (Fsp3) is 0.857. The molecular weight excluding hydrogens is 226 g/mol. The number of aromatic nitrogens is 2. The highest BCUT2D eigenvalue weighted by molar-refractivity contribution is 5.05. The molecule has 4 atom stereocenters. The fourth-order valence-corrected chi connectivity index (χ4v) is 3.38. The van der Waals surface area contributed by atoms with Crippen LogP contribution in [-0.2, 0) is 0 Å². The summed E-state index contributed by atoms with van der Waals surface area (Å²) in [6, 6.07) is 0. The number of nitrogens with one attached hydrogen (secondary N) is 1. The first-order chi connectivity index (χ1) is 8.78. The van der Waals surface area contributed by atoms with Gasteiger partial charge in [0.2, 0.25) is 5.89 Å². The summed E-state index contributed by atoms with van der Waals surface area (Å²) < 4.78 is 5.50. The molecule has 1 aromatic rings. The molecule has 0 radical (unpaired) electrons. The van der Waals surface area contributed by atoms with Gasteiger partial charge in [0.15, 0.2) is 5.82 Å². The standard InChI is InChI=1S/C14H23N3O/c1-3-10-4-5-11(6-10)13-16-14(18-17-13)12-8-15-7-9(12)2/h9-12,15H,3-8H2,1-2H3/t9-,10?,11?,12-/m1/s1. The second kappa shape index (κ2) is 5.00. The van der Waals surface area contributed by atoms with Crippen molar-refractivity contribution in [3.8, 4) is 0 Å². The maximum atomic E-state index is 5.50. The Labute approximate surface area is 109 Å². The molecule has 0 spiro atoms. The third kappa shape index (κ3) is 2.18. The second-order valence-electron chi connectivity index (χ2n) is 6.02. The van der Waals surface area contributed by atoms with E-state index in [1.165, 1.54) is 25.7 Å². The molecule has 0 bridgehead atoms. The zero-order chi connectivity index (χ0) is 12.5. The molecule has 2 heterocycles. The molecule has 1 aliphatic carbocycles. The molecule has 1 saturated heterocycles. The van der Waals surface area contributed by atoms with Gasteiger partial charge in [-0.1, -0.05) is 25.4 Å². The van der Waals surface area contributed by atoms with Crippen LogP contribution in [0.3, 0.4) is 0 Å². The number of nitrogens with zero attached hydrogens (tertiary/aromatic N) is 2.